The van der Waals surface area contributed by atoms with E-state index in [2.05, 4.69) is 59.8 Å². The highest BCUT2D eigenvalue weighted by atomic mass is 79.9. The fraction of sp³-hybridized carbons (Fsp3) is 0.625. The van der Waals surface area contributed by atoms with Crippen LogP contribution in [0.1, 0.15) is 39.2 Å². The highest BCUT2D eigenvalue weighted by Gasteiger charge is 2.26. The van der Waals surface area contributed by atoms with Gasteiger partial charge in [-0.3, -0.25) is 0 Å². The van der Waals surface area contributed by atoms with Crippen LogP contribution in [0.5, 0.6) is 0 Å². The Morgan fingerprint density at radius 1 is 1.32 bits per heavy atom. The first kappa shape index (κ1) is 14.9. The molecule has 2 rings (SSSR count). The number of piperidine rings is 1. The van der Waals surface area contributed by atoms with E-state index in [0.717, 1.165) is 24.0 Å². The third kappa shape index (κ3) is 3.96. The molecule has 2 N–H and O–H groups in total. The Balaban J connectivity index is 2.20. The Morgan fingerprint density at radius 2 is 1.95 bits per heavy atom. The first-order valence-corrected chi connectivity index (χ1v) is 7.96. The number of nitrogens with zero attached hydrogens (tertiary/aromatic N) is 1. The monoisotopic (exact) mass is 324 g/mol. The highest BCUT2D eigenvalue weighted by molar-refractivity contribution is 9.10. The molecule has 1 unspecified atom stereocenters. The van der Waals surface area contributed by atoms with Gasteiger partial charge in [0.1, 0.15) is 0 Å². The van der Waals surface area contributed by atoms with Crippen LogP contribution in [0, 0.1) is 5.41 Å². The summed E-state index contributed by atoms with van der Waals surface area (Å²) in [4.78, 5) is 2.52. The molecular formula is C16H25BrN2. The molecule has 0 spiro atoms. The van der Waals surface area contributed by atoms with Crippen LogP contribution in [0.25, 0.3) is 0 Å². The Labute approximate surface area is 125 Å². The minimum atomic E-state index is 0.203. The van der Waals surface area contributed by atoms with E-state index in [1.54, 1.807) is 0 Å². The molecule has 0 bridgehead atoms. The summed E-state index contributed by atoms with van der Waals surface area (Å²) < 4.78 is 1.14. The first-order chi connectivity index (χ1) is 8.87. The average molecular weight is 325 g/mol. The normalized spacial score (nSPS) is 20.4. The SMILES string of the molecule is CC(N)Cc1cc(Br)ccc1N1CCC(C)(C)CC1. The number of benzene rings is 1. The molecule has 0 saturated carbocycles. The molecule has 0 amide bonds. The van der Waals surface area contributed by atoms with Crippen LogP contribution in [0.3, 0.4) is 0 Å². The fourth-order valence-corrected chi connectivity index (χ4v) is 3.13. The van der Waals surface area contributed by atoms with E-state index in [9.17, 15) is 0 Å². The van der Waals surface area contributed by atoms with Gasteiger partial charge in [0.15, 0.2) is 0 Å². The smallest absolute Gasteiger partial charge is 0.0400 e. The summed E-state index contributed by atoms with van der Waals surface area (Å²) >= 11 is 3.57. The van der Waals surface area contributed by atoms with Gasteiger partial charge in [-0.2, -0.15) is 0 Å². The van der Waals surface area contributed by atoms with E-state index in [-0.39, 0.29) is 6.04 Å². The van der Waals surface area contributed by atoms with Crippen molar-refractivity contribution in [3.8, 4) is 0 Å². The molecule has 1 fully saturated rings. The minimum absolute atomic E-state index is 0.203. The average Bonchev–Trinajstić information content (AvgIpc) is 2.29. The second kappa shape index (κ2) is 5.84. The lowest BCUT2D eigenvalue weighted by Crippen LogP contribution is -2.38. The Hall–Kier alpha value is -0.540. The molecule has 1 saturated heterocycles. The molecule has 1 aliphatic heterocycles. The number of halogens is 1. The lowest BCUT2D eigenvalue weighted by Gasteiger charge is -2.39. The van der Waals surface area contributed by atoms with Crippen LogP contribution < -0.4 is 10.6 Å². The largest absolute Gasteiger partial charge is 0.371 e. The van der Waals surface area contributed by atoms with Crippen molar-refractivity contribution in [2.24, 2.45) is 11.1 Å². The summed E-state index contributed by atoms with van der Waals surface area (Å²) in [6, 6.07) is 6.80. The molecule has 1 heterocycles. The van der Waals surface area contributed by atoms with Crippen molar-refractivity contribution in [2.45, 2.75) is 46.1 Å². The summed E-state index contributed by atoms with van der Waals surface area (Å²) in [5, 5.41) is 0. The van der Waals surface area contributed by atoms with Crippen molar-refractivity contribution in [2.75, 3.05) is 18.0 Å². The van der Waals surface area contributed by atoms with Crippen LogP contribution in [0.2, 0.25) is 0 Å². The molecule has 0 radical (unpaired) electrons. The van der Waals surface area contributed by atoms with Gasteiger partial charge in [0, 0.05) is 29.3 Å². The van der Waals surface area contributed by atoms with E-state index in [4.69, 9.17) is 5.73 Å². The molecule has 0 aliphatic carbocycles. The summed E-state index contributed by atoms with van der Waals surface area (Å²) in [6.45, 7) is 9.12. The maximum absolute atomic E-state index is 5.98. The van der Waals surface area contributed by atoms with E-state index in [1.165, 1.54) is 24.1 Å². The van der Waals surface area contributed by atoms with Crippen LogP contribution in [-0.2, 0) is 6.42 Å². The third-order valence-electron chi connectivity index (χ3n) is 4.04. The summed E-state index contributed by atoms with van der Waals surface area (Å²) in [7, 11) is 0. The summed E-state index contributed by atoms with van der Waals surface area (Å²) in [5.74, 6) is 0. The number of hydrogen-bond donors (Lipinski definition) is 1. The predicted octanol–water partition coefficient (Wildman–Crippen LogP) is 3.97. The van der Waals surface area contributed by atoms with Crippen molar-refractivity contribution in [1.29, 1.82) is 0 Å². The maximum atomic E-state index is 5.98. The zero-order valence-electron chi connectivity index (χ0n) is 12.2. The van der Waals surface area contributed by atoms with Gasteiger partial charge in [0.25, 0.3) is 0 Å². The van der Waals surface area contributed by atoms with Crippen molar-refractivity contribution in [1.82, 2.24) is 0 Å². The second-order valence-corrected chi connectivity index (χ2v) is 7.52. The van der Waals surface area contributed by atoms with Gasteiger partial charge in [-0.05, 0) is 55.4 Å². The Bertz CT molecular complexity index is 430. The quantitative estimate of drug-likeness (QED) is 0.911. The molecule has 1 atom stereocenters. The van der Waals surface area contributed by atoms with Gasteiger partial charge in [-0.25, -0.2) is 0 Å². The molecular weight excluding hydrogens is 300 g/mol. The predicted molar refractivity (Wildman–Crippen MR) is 86.7 cm³/mol. The van der Waals surface area contributed by atoms with Crippen molar-refractivity contribution in [3.63, 3.8) is 0 Å². The molecule has 1 aliphatic rings. The van der Waals surface area contributed by atoms with Crippen LogP contribution in [-0.4, -0.2) is 19.1 Å². The van der Waals surface area contributed by atoms with Crippen molar-refractivity contribution in [3.05, 3.63) is 28.2 Å². The zero-order valence-corrected chi connectivity index (χ0v) is 13.8. The Morgan fingerprint density at radius 3 is 2.53 bits per heavy atom. The summed E-state index contributed by atoms with van der Waals surface area (Å²) in [5.41, 5.74) is 9.21. The molecule has 0 aromatic heterocycles. The van der Waals surface area contributed by atoms with Gasteiger partial charge in [-0.15, -0.1) is 0 Å². The number of hydrogen-bond acceptors (Lipinski definition) is 2. The number of nitrogens with two attached hydrogens (primary N) is 1. The Kier molecular flexibility index (Phi) is 4.57. The van der Waals surface area contributed by atoms with Crippen molar-refractivity contribution < 1.29 is 0 Å². The standard InChI is InChI=1S/C16H25BrN2/c1-12(18)10-13-11-14(17)4-5-15(13)19-8-6-16(2,3)7-9-19/h4-5,11-12H,6-10,18H2,1-3H3. The topological polar surface area (TPSA) is 29.3 Å². The highest BCUT2D eigenvalue weighted by Crippen LogP contribution is 2.34. The van der Waals surface area contributed by atoms with E-state index in [0.29, 0.717) is 5.41 Å². The van der Waals surface area contributed by atoms with E-state index < -0.39 is 0 Å². The van der Waals surface area contributed by atoms with E-state index in [1.807, 2.05) is 0 Å². The molecule has 1 aromatic rings. The second-order valence-electron chi connectivity index (χ2n) is 6.61. The lowest BCUT2D eigenvalue weighted by molar-refractivity contribution is 0.279. The molecule has 2 nitrogen and oxygen atoms in total. The summed E-state index contributed by atoms with van der Waals surface area (Å²) in [6.07, 6.45) is 3.47. The zero-order chi connectivity index (χ0) is 14.0. The van der Waals surface area contributed by atoms with Crippen LogP contribution in [0.15, 0.2) is 22.7 Å². The molecule has 3 heteroatoms. The van der Waals surface area contributed by atoms with Gasteiger partial charge in [0.05, 0.1) is 0 Å². The number of rotatable bonds is 3. The maximum Gasteiger partial charge on any atom is 0.0400 e. The minimum Gasteiger partial charge on any atom is -0.371 e. The van der Waals surface area contributed by atoms with Gasteiger partial charge >= 0.3 is 0 Å². The first-order valence-electron chi connectivity index (χ1n) is 7.16. The van der Waals surface area contributed by atoms with Gasteiger partial charge in [-0.1, -0.05) is 29.8 Å². The lowest BCUT2D eigenvalue weighted by atomic mass is 9.82. The molecule has 106 valence electrons. The van der Waals surface area contributed by atoms with Crippen LogP contribution >= 0.6 is 15.9 Å². The molecule has 1 aromatic carbocycles. The van der Waals surface area contributed by atoms with E-state index >= 15 is 0 Å². The third-order valence-corrected chi connectivity index (χ3v) is 4.53. The van der Waals surface area contributed by atoms with Crippen molar-refractivity contribution >= 4 is 21.6 Å². The molecule has 19 heavy (non-hydrogen) atoms. The van der Waals surface area contributed by atoms with Gasteiger partial charge in [0.2, 0.25) is 0 Å². The fourth-order valence-electron chi connectivity index (χ4n) is 2.73. The number of anilines is 1. The van der Waals surface area contributed by atoms with Crippen LogP contribution in [0.4, 0.5) is 5.69 Å². The van der Waals surface area contributed by atoms with Gasteiger partial charge < -0.3 is 10.6 Å².